The van der Waals surface area contributed by atoms with Crippen LogP contribution in [0, 0.1) is 0 Å². The van der Waals surface area contributed by atoms with Gasteiger partial charge in [0.2, 0.25) is 5.91 Å². The van der Waals surface area contributed by atoms with Crippen molar-refractivity contribution >= 4 is 21.4 Å². The van der Waals surface area contributed by atoms with Gasteiger partial charge in [0.25, 0.3) is 0 Å². The number of anilines is 1. The summed E-state index contributed by atoms with van der Waals surface area (Å²) >= 11 is 0. The zero-order chi connectivity index (χ0) is 20.0. The molecule has 0 aromatic heterocycles. The lowest BCUT2D eigenvalue weighted by atomic mass is 10.1. The summed E-state index contributed by atoms with van der Waals surface area (Å²) in [5, 5.41) is 2.85. The average molecular weight is 395 g/mol. The van der Waals surface area contributed by atoms with Crippen LogP contribution in [0.15, 0.2) is 83.8 Å². The van der Waals surface area contributed by atoms with E-state index in [1.165, 1.54) is 12.1 Å². The Kier molecular flexibility index (Phi) is 6.11. The molecule has 3 aromatic carbocycles. The Labute approximate surface area is 164 Å². The van der Waals surface area contributed by atoms with Crippen LogP contribution >= 0.6 is 0 Å². The Morgan fingerprint density at radius 2 is 1.54 bits per heavy atom. The molecule has 6 heteroatoms. The lowest BCUT2D eigenvalue weighted by Gasteiger charge is -2.12. The van der Waals surface area contributed by atoms with E-state index < -0.39 is 9.84 Å². The Bertz CT molecular complexity index is 1050. The Balaban J connectivity index is 1.69. The minimum atomic E-state index is -3.24. The second-order valence-electron chi connectivity index (χ2n) is 6.18. The molecule has 0 heterocycles. The van der Waals surface area contributed by atoms with Crippen molar-refractivity contribution in [3.05, 3.63) is 84.4 Å². The molecule has 0 radical (unpaired) electrons. The standard InChI is InChI=1S/C22H21NO4S/c1-2-28(25,26)19-14-12-17(13-15-19)16-22(24)23-20-10-6-7-11-21(20)27-18-8-4-3-5-9-18/h3-15H,2,16H2,1H3,(H,23,24). The molecule has 0 fully saturated rings. The number of sulfone groups is 1. The van der Waals surface area contributed by atoms with Crippen LogP contribution in [0.5, 0.6) is 11.5 Å². The molecule has 1 amide bonds. The van der Waals surface area contributed by atoms with Crippen molar-refractivity contribution in [2.75, 3.05) is 11.1 Å². The molecule has 144 valence electrons. The van der Waals surface area contributed by atoms with Crippen LogP contribution in [0.25, 0.3) is 0 Å². The molecule has 28 heavy (non-hydrogen) atoms. The Morgan fingerprint density at radius 1 is 0.893 bits per heavy atom. The first kappa shape index (κ1) is 19.6. The molecule has 0 bridgehead atoms. The van der Waals surface area contributed by atoms with E-state index in [2.05, 4.69) is 5.32 Å². The van der Waals surface area contributed by atoms with Gasteiger partial charge in [-0.1, -0.05) is 49.4 Å². The molecule has 0 aliphatic rings. The third-order valence-corrected chi connectivity index (χ3v) is 5.91. The fourth-order valence-corrected chi connectivity index (χ4v) is 3.52. The zero-order valence-corrected chi connectivity index (χ0v) is 16.3. The van der Waals surface area contributed by atoms with E-state index in [1.807, 2.05) is 42.5 Å². The van der Waals surface area contributed by atoms with Crippen LogP contribution in [-0.4, -0.2) is 20.1 Å². The number of para-hydroxylation sites is 3. The Morgan fingerprint density at radius 3 is 2.21 bits per heavy atom. The summed E-state index contributed by atoms with van der Waals surface area (Å²) in [5.41, 5.74) is 1.30. The number of rotatable bonds is 7. The molecule has 0 aliphatic carbocycles. The van der Waals surface area contributed by atoms with E-state index in [-0.39, 0.29) is 23.0 Å². The minimum Gasteiger partial charge on any atom is -0.455 e. The minimum absolute atomic E-state index is 0.0467. The summed E-state index contributed by atoms with van der Waals surface area (Å²) in [6, 6.07) is 22.9. The predicted molar refractivity (Wildman–Crippen MR) is 109 cm³/mol. The molecule has 0 aliphatic heterocycles. The SMILES string of the molecule is CCS(=O)(=O)c1ccc(CC(=O)Nc2ccccc2Oc2ccccc2)cc1. The van der Waals surface area contributed by atoms with Gasteiger partial charge in [-0.25, -0.2) is 8.42 Å². The summed E-state index contributed by atoms with van der Waals surface area (Å²) in [5.74, 6) is 1.06. The van der Waals surface area contributed by atoms with Gasteiger partial charge in [-0.15, -0.1) is 0 Å². The second-order valence-corrected chi connectivity index (χ2v) is 8.46. The number of ether oxygens (including phenoxy) is 1. The van der Waals surface area contributed by atoms with E-state index in [0.29, 0.717) is 17.2 Å². The van der Waals surface area contributed by atoms with Gasteiger partial charge in [-0.05, 0) is 42.0 Å². The fraction of sp³-hybridized carbons (Fsp3) is 0.136. The molecular weight excluding hydrogens is 374 g/mol. The second kappa shape index (κ2) is 8.71. The predicted octanol–water partition coefficient (Wildman–Crippen LogP) is 4.45. The number of hydrogen-bond acceptors (Lipinski definition) is 4. The summed E-state index contributed by atoms with van der Waals surface area (Å²) in [6.07, 6.45) is 0.131. The lowest BCUT2D eigenvalue weighted by molar-refractivity contribution is -0.115. The summed E-state index contributed by atoms with van der Waals surface area (Å²) in [6.45, 7) is 1.60. The number of hydrogen-bond donors (Lipinski definition) is 1. The number of amides is 1. The quantitative estimate of drug-likeness (QED) is 0.641. The van der Waals surface area contributed by atoms with Crippen LogP contribution in [0.3, 0.4) is 0 Å². The number of carbonyl (C=O) groups excluding carboxylic acids is 1. The zero-order valence-electron chi connectivity index (χ0n) is 15.5. The normalized spacial score (nSPS) is 11.0. The van der Waals surface area contributed by atoms with Gasteiger partial charge in [-0.3, -0.25) is 4.79 Å². The highest BCUT2D eigenvalue weighted by Gasteiger charge is 2.13. The van der Waals surface area contributed by atoms with E-state index in [4.69, 9.17) is 4.74 Å². The first-order chi connectivity index (χ1) is 13.5. The highest BCUT2D eigenvalue weighted by atomic mass is 32.2. The molecular formula is C22H21NO4S. The number of benzene rings is 3. The first-order valence-electron chi connectivity index (χ1n) is 8.91. The van der Waals surface area contributed by atoms with Gasteiger partial charge in [0.1, 0.15) is 5.75 Å². The van der Waals surface area contributed by atoms with Crippen molar-refractivity contribution < 1.29 is 17.9 Å². The summed E-state index contributed by atoms with van der Waals surface area (Å²) in [7, 11) is -3.24. The van der Waals surface area contributed by atoms with Crippen molar-refractivity contribution in [1.29, 1.82) is 0 Å². The third-order valence-electron chi connectivity index (χ3n) is 4.16. The van der Waals surface area contributed by atoms with Gasteiger partial charge in [0.15, 0.2) is 15.6 Å². The van der Waals surface area contributed by atoms with Crippen molar-refractivity contribution in [2.45, 2.75) is 18.2 Å². The van der Waals surface area contributed by atoms with Crippen LogP contribution in [0.4, 0.5) is 5.69 Å². The molecule has 0 unspecified atom stereocenters. The average Bonchev–Trinajstić information content (AvgIpc) is 2.70. The topological polar surface area (TPSA) is 72.5 Å². The van der Waals surface area contributed by atoms with Crippen molar-refractivity contribution in [3.8, 4) is 11.5 Å². The molecule has 0 saturated carbocycles. The maximum Gasteiger partial charge on any atom is 0.228 e. The largest absolute Gasteiger partial charge is 0.455 e. The highest BCUT2D eigenvalue weighted by Crippen LogP contribution is 2.29. The Hall–Kier alpha value is -3.12. The van der Waals surface area contributed by atoms with Crippen molar-refractivity contribution in [2.24, 2.45) is 0 Å². The lowest BCUT2D eigenvalue weighted by Crippen LogP contribution is -2.15. The molecule has 3 rings (SSSR count). The molecule has 3 aromatic rings. The van der Waals surface area contributed by atoms with E-state index in [9.17, 15) is 13.2 Å². The number of nitrogens with one attached hydrogen (secondary N) is 1. The molecule has 1 N–H and O–H groups in total. The summed E-state index contributed by atoms with van der Waals surface area (Å²) < 4.78 is 29.6. The van der Waals surface area contributed by atoms with E-state index in [1.54, 1.807) is 31.2 Å². The van der Waals surface area contributed by atoms with Crippen LogP contribution in [0.1, 0.15) is 12.5 Å². The first-order valence-corrected chi connectivity index (χ1v) is 10.6. The maximum absolute atomic E-state index is 12.4. The smallest absolute Gasteiger partial charge is 0.228 e. The monoisotopic (exact) mass is 395 g/mol. The molecule has 5 nitrogen and oxygen atoms in total. The maximum atomic E-state index is 12.4. The van der Waals surface area contributed by atoms with Crippen LogP contribution < -0.4 is 10.1 Å². The van der Waals surface area contributed by atoms with E-state index in [0.717, 1.165) is 5.56 Å². The van der Waals surface area contributed by atoms with E-state index >= 15 is 0 Å². The van der Waals surface area contributed by atoms with Crippen molar-refractivity contribution in [3.63, 3.8) is 0 Å². The number of carbonyl (C=O) groups is 1. The van der Waals surface area contributed by atoms with Crippen molar-refractivity contribution in [1.82, 2.24) is 0 Å². The molecule has 0 atom stereocenters. The van der Waals surface area contributed by atoms with Crippen LogP contribution in [0.2, 0.25) is 0 Å². The van der Waals surface area contributed by atoms with Gasteiger partial charge in [0, 0.05) is 0 Å². The fourth-order valence-electron chi connectivity index (χ4n) is 2.64. The van der Waals surface area contributed by atoms with Crippen LogP contribution in [-0.2, 0) is 21.1 Å². The van der Waals surface area contributed by atoms with Gasteiger partial charge in [0.05, 0.1) is 22.8 Å². The molecule has 0 saturated heterocycles. The van der Waals surface area contributed by atoms with Gasteiger partial charge >= 0.3 is 0 Å². The third kappa shape index (κ3) is 4.98. The highest BCUT2D eigenvalue weighted by molar-refractivity contribution is 7.91. The van der Waals surface area contributed by atoms with Gasteiger partial charge in [-0.2, -0.15) is 0 Å². The van der Waals surface area contributed by atoms with Gasteiger partial charge < -0.3 is 10.1 Å². The molecule has 0 spiro atoms. The summed E-state index contributed by atoms with van der Waals surface area (Å²) in [4.78, 5) is 12.7.